The molecule has 1 N–H and O–H groups in total. The largest absolute Gasteiger partial charge is 0.472 e. The molecular formula is C94H171NO8P+. The van der Waals surface area contributed by atoms with Crippen LogP contribution in [0.4, 0.5) is 0 Å². The molecule has 0 aromatic carbocycles. The lowest BCUT2D eigenvalue weighted by molar-refractivity contribution is -0.870. The van der Waals surface area contributed by atoms with Crippen molar-refractivity contribution < 1.29 is 42.1 Å². The van der Waals surface area contributed by atoms with Crippen LogP contribution in [0.1, 0.15) is 425 Å². The molecular weight excluding hydrogens is 1300 g/mol. The van der Waals surface area contributed by atoms with Gasteiger partial charge >= 0.3 is 19.8 Å². The lowest BCUT2D eigenvalue weighted by Gasteiger charge is -2.24. The average molecular weight is 1470 g/mol. The second-order valence-electron chi connectivity index (χ2n) is 31.3. The van der Waals surface area contributed by atoms with Crippen molar-refractivity contribution in [3.05, 3.63) is 109 Å². The van der Waals surface area contributed by atoms with Gasteiger partial charge in [-0.05, 0) is 83.5 Å². The molecule has 0 radical (unpaired) electrons. The molecule has 0 heterocycles. The van der Waals surface area contributed by atoms with E-state index in [9.17, 15) is 19.0 Å². The molecule has 0 aliphatic carbocycles. The van der Waals surface area contributed by atoms with Crippen molar-refractivity contribution in [1.29, 1.82) is 0 Å². The van der Waals surface area contributed by atoms with E-state index in [1.807, 2.05) is 21.1 Å². The topological polar surface area (TPSA) is 108 Å². The average Bonchev–Trinajstić information content (AvgIpc) is 0.915. The summed E-state index contributed by atoms with van der Waals surface area (Å²) >= 11 is 0. The van der Waals surface area contributed by atoms with Gasteiger partial charge in [-0.1, -0.05) is 438 Å². The van der Waals surface area contributed by atoms with Crippen LogP contribution < -0.4 is 0 Å². The molecule has 0 fully saturated rings. The Morgan fingerprint density at radius 2 is 0.548 bits per heavy atom. The molecule has 0 rings (SSSR count). The second kappa shape index (κ2) is 83.7. The summed E-state index contributed by atoms with van der Waals surface area (Å²) in [5.74, 6) is -0.787. The Kier molecular flexibility index (Phi) is 81.0. The number of esters is 2. The molecule has 0 aromatic rings. The number of allylic oxidation sites excluding steroid dienone is 18. The molecule has 10 heteroatoms. The summed E-state index contributed by atoms with van der Waals surface area (Å²) in [6.07, 6.45) is 120. The van der Waals surface area contributed by atoms with E-state index in [1.165, 1.54) is 289 Å². The maximum Gasteiger partial charge on any atom is 0.472 e. The fourth-order valence-electron chi connectivity index (χ4n) is 13.1. The summed E-state index contributed by atoms with van der Waals surface area (Å²) < 4.78 is 34.9. The predicted octanol–water partition coefficient (Wildman–Crippen LogP) is 30.3. The van der Waals surface area contributed by atoms with Crippen LogP contribution in [0.3, 0.4) is 0 Å². The maximum atomic E-state index is 12.9. The smallest absolute Gasteiger partial charge is 0.462 e. The molecule has 0 saturated heterocycles. The van der Waals surface area contributed by atoms with Gasteiger partial charge in [-0.2, -0.15) is 0 Å². The summed E-state index contributed by atoms with van der Waals surface area (Å²) in [6.45, 7) is 4.37. The van der Waals surface area contributed by atoms with Gasteiger partial charge in [0.05, 0.1) is 27.7 Å². The summed E-state index contributed by atoms with van der Waals surface area (Å²) in [6, 6.07) is 0. The lowest BCUT2D eigenvalue weighted by atomic mass is 10.0. The zero-order valence-electron chi connectivity index (χ0n) is 69.3. The van der Waals surface area contributed by atoms with Crippen LogP contribution in [-0.2, 0) is 32.7 Å². The number of ether oxygens (including phenoxy) is 2. The van der Waals surface area contributed by atoms with Crippen LogP contribution in [0, 0.1) is 0 Å². The number of quaternary nitrogens is 1. The molecule has 604 valence electrons. The molecule has 0 bridgehead atoms. The van der Waals surface area contributed by atoms with Gasteiger partial charge < -0.3 is 18.9 Å². The van der Waals surface area contributed by atoms with Crippen molar-refractivity contribution in [2.75, 3.05) is 47.5 Å². The van der Waals surface area contributed by atoms with Crippen LogP contribution in [0.5, 0.6) is 0 Å². The highest BCUT2D eigenvalue weighted by Gasteiger charge is 2.27. The van der Waals surface area contributed by atoms with Gasteiger partial charge in [-0.3, -0.25) is 18.6 Å². The zero-order chi connectivity index (χ0) is 75.4. The van der Waals surface area contributed by atoms with Gasteiger partial charge in [0.1, 0.15) is 19.8 Å². The summed E-state index contributed by atoms with van der Waals surface area (Å²) in [7, 11) is 1.48. The molecule has 0 spiro atoms. The van der Waals surface area contributed by atoms with E-state index in [1.54, 1.807) is 0 Å². The Morgan fingerprint density at radius 1 is 0.308 bits per heavy atom. The zero-order valence-corrected chi connectivity index (χ0v) is 70.1. The van der Waals surface area contributed by atoms with Gasteiger partial charge in [-0.25, -0.2) is 4.57 Å². The highest BCUT2D eigenvalue weighted by atomic mass is 31.2. The van der Waals surface area contributed by atoms with Crippen molar-refractivity contribution in [2.24, 2.45) is 0 Å². The number of phosphoric ester groups is 1. The van der Waals surface area contributed by atoms with Crippen molar-refractivity contribution >= 4 is 19.8 Å². The van der Waals surface area contributed by atoms with Gasteiger partial charge in [0.15, 0.2) is 6.10 Å². The molecule has 0 amide bonds. The number of carbonyl (C=O) groups excluding carboxylic acids is 2. The number of unbranched alkanes of at least 4 members (excludes halogenated alkanes) is 51. The molecule has 0 aliphatic heterocycles. The molecule has 2 atom stereocenters. The first-order chi connectivity index (χ1) is 51.0. The third kappa shape index (κ3) is 87.6. The molecule has 2 unspecified atom stereocenters. The fourth-order valence-corrected chi connectivity index (χ4v) is 13.8. The van der Waals surface area contributed by atoms with Gasteiger partial charge in [-0.15, -0.1) is 0 Å². The monoisotopic (exact) mass is 1470 g/mol. The third-order valence-electron chi connectivity index (χ3n) is 19.8. The number of hydrogen-bond donors (Lipinski definition) is 1. The molecule has 0 saturated carbocycles. The van der Waals surface area contributed by atoms with Crippen molar-refractivity contribution in [1.82, 2.24) is 0 Å². The lowest BCUT2D eigenvalue weighted by Crippen LogP contribution is -2.37. The van der Waals surface area contributed by atoms with E-state index in [-0.39, 0.29) is 32.0 Å². The van der Waals surface area contributed by atoms with Crippen LogP contribution in [0.15, 0.2) is 109 Å². The van der Waals surface area contributed by atoms with Gasteiger partial charge in [0.25, 0.3) is 0 Å². The normalized spacial score (nSPS) is 13.5. The molecule has 0 aromatic heterocycles. The minimum absolute atomic E-state index is 0.0291. The number of hydrogen-bond acceptors (Lipinski definition) is 7. The van der Waals surface area contributed by atoms with E-state index >= 15 is 0 Å². The van der Waals surface area contributed by atoms with E-state index in [0.717, 1.165) is 103 Å². The molecule has 9 nitrogen and oxygen atoms in total. The highest BCUT2D eigenvalue weighted by Crippen LogP contribution is 2.43. The van der Waals surface area contributed by atoms with Crippen LogP contribution in [0.25, 0.3) is 0 Å². The molecule has 104 heavy (non-hydrogen) atoms. The Bertz CT molecular complexity index is 2130. The van der Waals surface area contributed by atoms with E-state index in [2.05, 4.69) is 123 Å². The number of rotatable bonds is 83. The Labute approximate surface area is 646 Å². The van der Waals surface area contributed by atoms with E-state index < -0.39 is 26.5 Å². The van der Waals surface area contributed by atoms with E-state index in [0.29, 0.717) is 17.4 Å². The summed E-state index contributed by atoms with van der Waals surface area (Å²) in [5, 5.41) is 0. The minimum Gasteiger partial charge on any atom is -0.462 e. The van der Waals surface area contributed by atoms with Gasteiger partial charge in [0, 0.05) is 12.8 Å². The third-order valence-corrected chi connectivity index (χ3v) is 20.8. The minimum atomic E-state index is -4.40. The van der Waals surface area contributed by atoms with Crippen molar-refractivity contribution in [2.45, 2.75) is 431 Å². The fraction of sp³-hybridized carbons (Fsp3) is 0.787. The quantitative estimate of drug-likeness (QED) is 0.0211. The summed E-state index contributed by atoms with van der Waals surface area (Å²) in [5.41, 5.74) is 0. The number of likely N-dealkylation sites (N-methyl/N-ethyl adjacent to an activating group) is 1. The Morgan fingerprint density at radius 3 is 0.817 bits per heavy atom. The first kappa shape index (κ1) is 101. The number of phosphoric acid groups is 1. The maximum absolute atomic E-state index is 12.9. The van der Waals surface area contributed by atoms with Gasteiger partial charge in [0.2, 0.25) is 0 Å². The Hall–Kier alpha value is -3.33. The summed E-state index contributed by atoms with van der Waals surface area (Å²) in [4.78, 5) is 36.1. The van der Waals surface area contributed by atoms with E-state index in [4.69, 9.17) is 18.5 Å². The number of carbonyl (C=O) groups is 2. The SMILES string of the molecule is CC/C=C\C/C=C\C/C=C\C/C=C\C/C=C\C/C=C\C/C=C\C/C=C\C/C=C\CCCCCCCCCCCCCC(=O)OC(COC(=O)CCCCCCCCCCCCCCCCCCCCCCCCCCCCCCCCCCCCCCCCCCC)COP(=O)(O)OCC[N+](C)(C)C. The molecule has 0 aliphatic rings. The Balaban J connectivity index is 3.91. The van der Waals surface area contributed by atoms with Crippen LogP contribution >= 0.6 is 7.82 Å². The van der Waals surface area contributed by atoms with Crippen LogP contribution in [-0.4, -0.2) is 74.9 Å². The number of nitrogens with zero attached hydrogens (tertiary/aromatic N) is 1. The van der Waals surface area contributed by atoms with Crippen LogP contribution in [0.2, 0.25) is 0 Å². The highest BCUT2D eigenvalue weighted by molar-refractivity contribution is 7.47. The first-order valence-electron chi connectivity index (χ1n) is 44.6. The van der Waals surface area contributed by atoms with Crippen molar-refractivity contribution in [3.8, 4) is 0 Å². The predicted molar refractivity (Wildman–Crippen MR) is 455 cm³/mol. The van der Waals surface area contributed by atoms with Crippen molar-refractivity contribution in [3.63, 3.8) is 0 Å². The second-order valence-corrected chi connectivity index (χ2v) is 32.7. The standard InChI is InChI=1S/C94H170NO8P/c1-6-8-10-12-14-16-18-20-22-24-26-28-30-32-34-36-38-40-42-44-46-47-49-50-52-54-56-58-60-62-64-66-68-70-72-74-76-78-80-82-84-86-93(96)100-90-92(91-102-104(98,99)101-89-88-95(3,4)5)103-94(97)87-85-83-81-79-77-75-73-71-69-67-65-63-61-59-57-55-53-51-48-45-43-41-39-37-35-33-31-29-27-25-23-21-19-17-15-13-11-9-7-2/h9,11,15,17,21,23,27,29,33,35,39,41,45,48,53,55,59,61,92H,6-8,10,12-14,16,18-20,22,24-26,28,30-32,34,36-38,40,42-44,46-47,49-52,54,56-58,60,62-91H2,1-5H3/p+1/b11-9-,17-15-,23-21-,29-27-,35-33-,41-39-,48-45-,55-53-,61-59-. The first-order valence-corrected chi connectivity index (χ1v) is 46.1.